The van der Waals surface area contributed by atoms with Gasteiger partial charge in [-0.05, 0) is 47.0 Å². The highest BCUT2D eigenvalue weighted by molar-refractivity contribution is 9.10. The number of anilines is 2. The van der Waals surface area contributed by atoms with Gasteiger partial charge in [-0.1, -0.05) is 0 Å². The number of aliphatic carboxylic acids is 1. The molecule has 0 aliphatic carbocycles. The first-order valence-electron chi connectivity index (χ1n) is 7.21. The standard InChI is InChI=1S/C13H16BrN5.C2HF3O2/c1-8-4-11(14)16-6-10(8)7-17-12-5-9(2)18-13(15-3)19-12;3-2(4,5)1(6)7/h4-6H,7H2,1-3H3,(H2,15,17,18,19);(H,6,7). The number of aromatic nitrogens is 3. The smallest absolute Gasteiger partial charge is 0.475 e. The van der Waals surface area contributed by atoms with Crippen LogP contribution in [0, 0.1) is 13.8 Å². The Morgan fingerprint density at radius 1 is 1.27 bits per heavy atom. The van der Waals surface area contributed by atoms with Gasteiger partial charge in [-0.25, -0.2) is 14.8 Å². The zero-order valence-corrected chi connectivity index (χ0v) is 15.7. The highest BCUT2D eigenvalue weighted by atomic mass is 79.9. The van der Waals surface area contributed by atoms with Crippen LogP contribution in [-0.4, -0.2) is 39.3 Å². The lowest BCUT2D eigenvalue weighted by atomic mass is 10.1. The number of nitrogens with one attached hydrogen (secondary N) is 2. The number of hydrogen-bond donors (Lipinski definition) is 3. The Morgan fingerprint density at radius 3 is 2.38 bits per heavy atom. The maximum atomic E-state index is 10.6. The van der Waals surface area contributed by atoms with Crippen molar-refractivity contribution in [2.24, 2.45) is 0 Å². The summed E-state index contributed by atoms with van der Waals surface area (Å²) in [4.78, 5) is 21.7. The van der Waals surface area contributed by atoms with Crippen LogP contribution in [0.5, 0.6) is 0 Å². The number of carbonyl (C=O) groups is 1. The van der Waals surface area contributed by atoms with Crippen LogP contribution < -0.4 is 10.6 Å². The summed E-state index contributed by atoms with van der Waals surface area (Å²) >= 11 is 3.36. The molecule has 0 aliphatic heterocycles. The van der Waals surface area contributed by atoms with Gasteiger partial charge in [0.15, 0.2) is 0 Å². The Morgan fingerprint density at radius 2 is 1.88 bits per heavy atom. The van der Waals surface area contributed by atoms with Crippen LogP contribution in [0.1, 0.15) is 16.8 Å². The largest absolute Gasteiger partial charge is 0.490 e. The molecule has 0 bridgehead atoms. The zero-order valence-electron chi connectivity index (χ0n) is 14.1. The first-order valence-corrected chi connectivity index (χ1v) is 8.00. The minimum atomic E-state index is -5.08. The van der Waals surface area contributed by atoms with E-state index in [1.807, 2.05) is 25.3 Å². The minimum absolute atomic E-state index is 0.619. The molecule has 0 spiro atoms. The molecule has 2 heterocycles. The van der Waals surface area contributed by atoms with Crippen molar-refractivity contribution in [1.29, 1.82) is 0 Å². The van der Waals surface area contributed by atoms with Gasteiger partial charge >= 0.3 is 12.1 Å². The third-order valence-corrected chi connectivity index (χ3v) is 3.40. The molecule has 0 atom stereocenters. The number of nitrogens with zero attached hydrogens (tertiary/aromatic N) is 3. The van der Waals surface area contributed by atoms with E-state index in [4.69, 9.17) is 9.90 Å². The van der Waals surface area contributed by atoms with Crippen molar-refractivity contribution in [3.05, 3.63) is 39.8 Å². The normalized spacial score (nSPS) is 10.6. The number of alkyl halides is 3. The summed E-state index contributed by atoms with van der Waals surface area (Å²) < 4.78 is 32.6. The number of carboxylic acids is 1. The number of hydrogen-bond acceptors (Lipinski definition) is 6. The molecule has 2 aromatic rings. The van der Waals surface area contributed by atoms with Gasteiger partial charge in [0.05, 0.1) is 0 Å². The molecule has 7 nitrogen and oxygen atoms in total. The predicted octanol–water partition coefficient (Wildman–Crippen LogP) is 3.54. The van der Waals surface area contributed by atoms with Crippen molar-refractivity contribution in [3.63, 3.8) is 0 Å². The number of carboxylic acid groups (broad SMARTS) is 1. The fraction of sp³-hybridized carbons (Fsp3) is 0.333. The Labute approximate surface area is 156 Å². The van der Waals surface area contributed by atoms with Crippen LogP contribution >= 0.6 is 15.9 Å². The van der Waals surface area contributed by atoms with Gasteiger partial charge in [-0.3, -0.25) is 0 Å². The molecule has 0 fully saturated rings. The molecule has 0 saturated heterocycles. The molecule has 0 unspecified atom stereocenters. The lowest BCUT2D eigenvalue weighted by Crippen LogP contribution is -2.21. The topological polar surface area (TPSA) is 100 Å². The van der Waals surface area contributed by atoms with E-state index in [1.54, 1.807) is 7.05 Å². The Bertz CT molecular complexity index is 771. The first-order chi connectivity index (χ1) is 12.0. The summed E-state index contributed by atoms with van der Waals surface area (Å²) in [6.07, 6.45) is -3.22. The van der Waals surface area contributed by atoms with E-state index < -0.39 is 12.1 Å². The molecule has 0 aromatic carbocycles. The van der Waals surface area contributed by atoms with Crippen LogP contribution in [0.3, 0.4) is 0 Å². The monoisotopic (exact) mass is 435 g/mol. The van der Waals surface area contributed by atoms with Gasteiger partial charge in [0.25, 0.3) is 0 Å². The van der Waals surface area contributed by atoms with Crippen molar-refractivity contribution in [3.8, 4) is 0 Å². The van der Waals surface area contributed by atoms with E-state index in [1.165, 1.54) is 5.56 Å². The first kappa shape index (κ1) is 21.6. The van der Waals surface area contributed by atoms with Gasteiger partial charge in [0, 0.05) is 31.5 Å². The van der Waals surface area contributed by atoms with Crippen LogP contribution in [0.2, 0.25) is 0 Å². The molecule has 11 heteroatoms. The second-order valence-corrected chi connectivity index (χ2v) is 5.87. The summed E-state index contributed by atoms with van der Waals surface area (Å²) in [5.74, 6) is -1.33. The molecule has 3 N–H and O–H groups in total. The molecule has 0 amide bonds. The van der Waals surface area contributed by atoms with Gasteiger partial charge in [0.2, 0.25) is 5.95 Å². The van der Waals surface area contributed by atoms with Gasteiger partial charge in [-0.2, -0.15) is 18.2 Å². The number of halogens is 4. The van der Waals surface area contributed by atoms with Crippen LogP contribution in [0.25, 0.3) is 0 Å². The summed E-state index contributed by atoms with van der Waals surface area (Å²) in [7, 11) is 1.81. The molecule has 2 rings (SSSR count). The Kier molecular flexibility index (Phi) is 7.75. The number of pyridine rings is 1. The second kappa shape index (κ2) is 9.32. The van der Waals surface area contributed by atoms with E-state index in [2.05, 4.69) is 48.4 Å². The summed E-state index contributed by atoms with van der Waals surface area (Å²) in [6, 6.07) is 3.92. The van der Waals surface area contributed by atoms with E-state index in [-0.39, 0.29) is 0 Å². The third kappa shape index (κ3) is 7.21. The number of rotatable bonds is 4. The highest BCUT2D eigenvalue weighted by Crippen LogP contribution is 2.15. The van der Waals surface area contributed by atoms with Crippen LogP contribution in [-0.2, 0) is 11.3 Å². The van der Waals surface area contributed by atoms with E-state index in [9.17, 15) is 13.2 Å². The summed E-state index contributed by atoms with van der Waals surface area (Å²) in [5.41, 5.74) is 3.26. The maximum Gasteiger partial charge on any atom is 0.490 e. The fourth-order valence-electron chi connectivity index (χ4n) is 1.69. The van der Waals surface area contributed by atoms with Crippen molar-refractivity contribution in [2.75, 3.05) is 17.7 Å². The molecule has 0 radical (unpaired) electrons. The molecular weight excluding hydrogens is 419 g/mol. The summed E-state index contributed by atoms with van der Waals surface area (Å²) in [5, 5.41) is 13.4. The second-order valence-electron chi connectivity index (χ2n) is 5.06. The summed E-state index contributed by atoms with van der Waals surface area (Å²) in [6.45, 7) is 4.69. The lowest BCUT2D eigenvalue weighted by molar-refractivity contribution is -0.192. The molecule has 0 aliphatic rings. The Hall–Kier alpha value is -2.43. The van der Waals surface area contributed by atoms with Crippen molar-refractivity contribution < 1.29 is 23.1 Å². The lowest BCUT2D eigenvalue weighted by Gasteiger charge is -2.10. The van der Waals surface area contributed by atoms with Crippen LogP contribution in [0.15, 0.2) is 22.9 Å². The predicted molar refractivity (Wildman–Crippen MR) is 94.0 cm³/mol. The van der Waals surface area contributed by atoms with Crippen LogP contribution in [0.4, 0.5) is 24.9 Å². The Balaban J connectivity index is 0.000000412. The van der Waals surface area contributed by atoms with E-state index in [0.29, 0.717) is 12.5 Å². The fourth-order valence-corrected chi connectivity index (χ4v) is 2.14. The van der Waals surface area contributed by atoms with Gasteiger partial charge in [0.1, 0.15) is 10.4 Å². The van der Waals surface area contributed by atoms with Crippen molar-refractivity contribution >= 4 is 33.7 Å². The van der Waals surface area contributed by atoms with E-state index in [0.717, 1.165) is 21.7 Å². The minimum Gasteiger partial charge on any atom is -0.475 e. The quantitative estimate of drug-likeness (QED) is 0.631. The van der Waals surface area contributed by atoms with Gasteiger partial charge < -0.3 is 15.7 Å². The van der Waals surface area contributed by atoms with Gasteiger partial charge in [-0.15, -0.1) is 0 Å². The molecule has 142 valence electrons. The third-order valence-electron chi connectivity index (χ3n) is 2.97. The number of aryl methyl sites for hydroxylation is 2. The maximum absolute atomic E-state index is 10.6. The van der Waals surface area contributed by atoms with Crippen molar-refractivity contribution in [2.45, 2.75) is 26.6 Å². The molecule has 26 heavy (non-hydrogen) atoms. The average Bonchev–Trinajstić information content (AvgIpc) is 2.53. The van der Waals surface area contributed by atoms with E-state index >= 15 is 0 Å². The van der Waals surface area contributed by atoms with Crippen molar-refractivity contribution in [1.82, 2.24) is 15.0 Å². The molecule has 0 saturated carbocycles. The average molecular weight is 436 g/mol. The highest BCUT2D eigenvalue weighted by Gasteiger charge is 2.38. The molecule has 2 aromatic heterocycles. The SMILES string of the molecule is CNc1nc(C)cc(NCc2cnc(Br)cc2C)n1.O=C(O)C(F)(F)F. The molecular formula is C15H17BrF3N5O2. The zero-order chi connectivity index (χ0) is 19.9.